The van der Waals surface area contributed by atoms with Crippen LogP contribution in [0.25, 0.3) is 0 Å². The molecule has 0 saturated carbocycles. The van der Waals surface area contributed by atoms with Gasteiger partial charge in [-0.2, -0.15) is 0 Å². The van der Waals surface area contributed by atoms with E-state index in [0.29, 0.717) is 12.2 Å². The fraction of sp³-hybridized carbons (Fsp3) is 0.762. The standard InChI is InChI=1S/C21H38O/c1-3-5-7-9-11-13-15-17-19-21(22)20-18-16-14-12-10-8-6-4-2/h11,13,15,17H,3-10,12,14,16,18-20H2,1-2H3/b13-11+,17-15-. The molecule has 0 rings (SSSR count). The smallest absolute Gasteiger partial charge is 0.136 e. The number of unbranched alkanes of at least 4 members (excludes halogenated alkanes) is 10. The number of ketones is 1. The zero-order chi connectivity index (χ0) is 16.3. The molecular weight excluding hydrogens is 268 g/mol. The van der Waals surface area contributed by atoms with Crippen LogP contribution in [0.5, 0.6) is 0 Å². The number of carbonyl (C=O) groups excluding carboxylic acids is 1. The minimum atomic E-state index is 0.390. The fourth-order valence-electron chi connectivity index (χ4n) is 2.52. The summed E-state index contributed by atoms with van der Waals surface area (Å²) in [6.45, 7) is 4.48. The summed E-state index contributed by atoms with van der Waals surface area (Å²) in [5, 5.41) is 0. The molecule has 0 aromatic heterocycles. The lowest BCUT2D eigenvalue weighted by Gasteiger charge is -2.00. The maximum absolute atomic E-state index is 11.7. The van der Waals surface area contributed by atoms with Gasteiger partial charge in [0.25, 0.3) is 0 Å². The van der Waals surface area contributed by atoms with Crippen molar-refractivity contribution in [3.63, 3.8) is 0 Å². The molecule has 22 heavy (non-hydrogen) atoms. The SMILES string of the molecule is CCCCC/C=C/C=C\CC(=O)CCCCCCCCCC. The Kier molecular flexibility index (Phi) is 17.5. The number of carbonyl (C=O) groups is 1. The van der Waals surface area contributed by atoms with E-state index in [9.17, 15) is 4.79 Å². The fourth-order valence-corrected chi connectivity index (χ4v) is 2.52. The van der Waals surface area contributed by atoms with Gasteiger partial charge in [-0.15, -0.1) is 0 Å². The summed E-state index contributed by atoms with van der Waals surface area (Å²) in [5.41, 5.74) is 0. The van der Waals surface area contributed by atoms with E-state index in [1.807, 2.05) is 12.2 Å². The Bertz CT molecular complexity index is 288. The van der Waals surface area contributed by atoms with Crippen LogP contribution in [0.3, 0.4) is 0 Å². The van der Waals surface area contributed by atoms with E-state index < -0.39 is 0 Å². The highest BCUT2D eigenvalue weighted by Crippen LogP contribution is 2.10. The van der Waals surface area contributed by atoms with Crippen LogP contribution in [0.1, 0.15) is 104 Å². The maximum Gasteiger partial charge on any atom is 0.136 e. The molecule has 0 bridgehead atoms. The highest BCUT2D eigenvalue weighted by Gasteiger charge is 1.98. The quantitative estimate of drug-likeness (QED) is 0.218. The van der Waals surface area contributed by atoms with E-state index in [1.54, 1.807) is 0 Å². The molecule has 0 heterocycles. The Labute approximate surface area is 139 Å². The molecule has 0 aliphatic heterocycles. The Morgan fingerprint density at radius 1 is 0.682 bits per heavy atom. The van der Waals surface area contributed by atoms with Crippen molar-refractivity contribution in [1.82, 2.24) is 0 Å². The zero-order valence-corrected chi connectivity index (χ0v) is 15.1. The highest BCUT2D eigenvalue weighted by atomic mass is 16.1. The van der Waals surface area contributed by atoms with Gasteiger partial charge in [0.1, 0.15) is 5.78 Å². The number of hydrogen-bond donors (Lipinski definition) is 0. The molecule has 0 atom stereocenters. The molecule has 1 heteroatoms. The van der Waals surface area contributed by atoms with E-state index in [4.69, 9.17) is 0 Å². The van der Waals surface area contributed by atoms with Gasteiger partial charge in [-0.05, 0) is 19.3 Å². The van der Waals surface area contributed by atoms with Crippen molar-refractivity contribution >= 4 is 5.78 Å². The minimum Gasteiger partial charge on any atom is -0.299 e. The Morgan fingerprint density at radius 3 is 1.91 bits per heavy atom. The van der Waals surface area contributed by atoms with E-state index >= 15 is 0 Å². The van der Waals surface area contributed by atoms with Crippen LogP contribution in [0.4, 0.5) is 0 Å². The predicted molar refractivity (Wildman–Crippen MR) is 99.3 cm³/mol. The molecule has 0 saturated heterocycles. The lowest BCUT2D eigenvalue weighted by Crippen LogP contribution is -1.95. The van der Waals surface area contributed by atoms with E-state index in [2.05, 4.69) is 26.0 Å². The molecule has 0 unspecified atom stereocenters. The van der Waals surface area contributed by atoms with Gasteiger partial charge >= 0.3 is 0 Å². The number of hydrogen-bond acceptors (Lipinski definition) is 1. The van der Waals surface area contributed by atoms with Crippen LogP contribution < -0.4 is 0 Å². The third-order valence-corrected chi connectivity index (χ3v) is 4.01. The van der Waals surface area contributed by atoms with Crippen LogP contribution in [0.15, 0.2) is 24.3 Å². The summed E-state index contributed by atoms with van der Waals surface area (Å²) in [5.74, 6) is 0.390. The second-order valence-electron chi connectivity index (χ2n) is 6.32. The summed E-state index contributed by atoms with van der Waals surface area (Å²) in [6.07, 6.45) is 25.1. The highest BCUT2D eigenvalue weighted by molar-refractivity contribution is 5.79. The number of allylic oxidation sites excluding steroid dienone is 4. The number of Topliss-reactive ketones (excluding diaryl/α,β-unsaturated/α-hetero) is 1. The molecule has 0 fully saturated rings. The second kappa shape index (κ2) is 18.2. The predicted octanol–water partition coefficient (Wildman–Crippen LogP) is 7.17. The van der Waals surface area contributed by atoms with Gasteiger partial charge < -0.3 is 0 Å². The van der Waals surface area contributed by atoms with Crippen molar-refractivity contribution in [3.05, 3.63) is 24.3 Å². The third-order valence-electron chi connectivity index (χ3n) is 4.01. The summed E-state index contributed by atoms with van der Waals surface area (Å²) < 4.78 is 0. The van der Waals surface area contributed by atoms with Crippen molar-refractivity contribution in [2.45, 2.75) is 104 Å². The lowest BCUT2D eigenvalue weighted by atomic mass is 10.1. The summed E-state index contributed by atoms with van der Waals surface area (Å²) in [6, 6.07) is 0. The minimum absolute atomic E-state index is 0.390. The topological polar surface area (TPSA) is 17.1 Å². The average molecular weight is 307 g/mol. The first kappa shape index (κ1) is 21.1. The lowest BCUT2D eigenvalue weighted by molar-refractivity contribution is -0.118. The van der Waals surface area contributed by atoms with Gasteiger partial charge in [-0.1, -0.05) is 95.9 Å². The Hall–Kier alpha value is -0.850. The second-order valence-corrected chi connectivity index (χ2v) is 6.32. The summed E-state index contributed by atoms with van der Waals surface area (Å²) in [4.78, 5) is 11.7. The Balaban J connectivity index is 3.35. The van der Waals surface area contributed by atoms with Crippen molar-refractivity contribution in [2.75, 3.05) is 0 Å². The molecule has 0 aliphatic carbocycles. The molecule has 0 aromatic carbocycles. The summed E-state index contributed by atoms with van der Waals surface area (Å²) in [7, 11) is 0. The van der Waals surface area contributed by atoms with Gasteiger partial charge in [0, 0.05) is 12.8 Å². The van der Waals surface area contributed by atoms with Crippen molar-refractivity contribution < 1.29 is 4.79 Å². The molecular formula is C21H38O. The van der Waals surface area contributed by atoms with E-state index in [1.165, 1.54) is 64.2 Å². The van der Waals surface area contributed by atoms with Crippen LogP contribution >= 0.6 is 0 Å². The van der Waals surface area contributed by atoms with Crippen molar-refractivity contribution in [2.24, 2.45) is 0 Å². The molecule has 0 radical (unpaired) electrons. The molecule has 0 aliphatic rings. The van der Waals surface area contributed by atoms with Crippen LogP contribution in [-0.2, 0) is 4.79 Å². The third kappa shape index (κ3) is 17.2. The van der Waals surface area contributed by atoms with Gasteiger partial charge in [0.15, 0.2) is 0 Å². The normalized spacial score (nSPS) is 11.7. The van der Waals surface area contributed by atoms with E-state index in [-0.39, 0.29) is 0 Å². The van der Waals surface area contributed by atoms with E-state index in [0.717, 1.165) is 19.3 Å². The first-order valence-electron chi connectivity index (χ1n) is 9.64. The first-order valence-corrected chi connectivity index (χ1v) is 9.64. The van der Waals surface area contributed by atoms with Crippen LogP contribution in [0, 0.1) is 0 Å². The molecule has 128 valence electrons. The van der Waals surface area contributed by atoms with Crippen LogP contribution in [-0.4, -0.2) is 5.78 Å². The molecule has 0 spiro atoms. The molecule has 0 N–H and O–H groups in total. The number of rotatable bonds is 16. The average Bonchev–Trinajstić information content (AvgIpc) is 2.52. The molecule has 1 nitrogen and oxygen atoms in total. The van der Waals surface area contributed by atoms with Gasteiger partial charge in [-0.25, -0.2) is 0 Å². The largest absolute Gasteiger partial charge is 0.299 e. The van der Waals surface area contributed by atoms with Gasteiger partial charge in [0.2, 0.25) is 0 Å². The monoisotopic (exact) mass is 306 g/mol. The van der Waals surface area contributed by atoms with Gasteiger partial charge in [-0.3, -0.25) is 4.79 Å². The van der Waals surface area contributed by atoms with Gasteiger partial charge in [0.05, 0.1) is 0 Å². The van der Waals surface area contributed by atoms with Crippen molar-refractivity contribution in [1.29, 1.82) is 0 Å². The zero-order valence-electron chi connectivity index (χ0n) is 15.1. The first-order chi connectivity index (χ1) is 10.8. The summed E-state index contributed by atoms with van der Waals surface area (Å²) >= 11 is 0. The Morgan fingerprint density at radius 2 is 1.23 bits per heavy atom. The molecule has 0 aromatic rings. The maximum atomic E-state index is 11.7. The molecule has 0 amide bonds. The van der Waals surface area contributed by atoms with Crippen LogP contribution in [0.2, 0.25) is 0 Å². The van der Waals surface area contributed by atoms with Crippen molar-refractivity contribution in [3.8, 4) is 0 Å².